The van der Waals surface area contributed by atoms with Gasteiger partial charge in [-0.25, -0.2) is 9.78 Å². The van der Waals surface area contributed by atoms with Crippen molar-refractivity contribution in [1.29, 1.82) is 0 Å². The molecule has 0 saturated heterocycles. The number of fused-ring (bicyclic) bond motifs is 1. The van der Waals surface area contributed by atoms with Crippen molar-refractivity contribution in [3.8, 4) is 5.75 Å². The molecular weight excluding hydrogens is 542 g/mol. The fourth-order valence-corrected chi connectivity index (χ4v) is 3.82. The molecule has 1 heterocycles. The summed E-state index contributed by atoms with van der Waals surface area (Å²) < 4.78 is 13.4. The number of benzene rings is 2. The summed E-state index contributed by atoms with van der Waals surface area (Å²) in [5, 5.41) is 4.91. The van der Waals surface area contributed by atoms with Crippen molar-refractivity contribution in [2.24, 2.45) is 5.10 Å². The van der Waals surface area contributed by atoms with Crippen LogP contribution in [0.25, 0.3) is 10.9 Å². The lowest BCUT2D eigenvalue weighted by molar-refractivity contribution is -0.150. The van der Waals surface area contributed by atoms with Gasteiger partial charge in [-0.1, -0.05) is 29.8 Å². The Morgan fingerprint density at radius 3 is 2.59 bits per heavy atom. The first-order chi connectivity index (χ1) is 15.2. The summed E-state index contributed by atoms with van der Waals surface area (Å²) in [6.45, 7) is 7.60. The van der Waals surface area contributed by atoms with E-state index in [9.17, 15) is 9.59 Å². The summed E-state index contributed by atoms with van der Waals surface area (Å²) >= 11 is 6.86. The molecule has 2 aromatic carbocycles. The van der Waals surface area contributed by atoms with E-state index < -0.39 is 12.1 Å². The molecule has 168 valence electrons. The minimum Gasteiger partial charge on any atom is -0.478 e. The highest BCUT2D eigenvalue weighted by molar-refractivity contribution is 9.10. The van der Waals surface area contributed by atoms with Gasteiger partial charge in [-0.05, 0) is 71.7 Å². The lowest BCUT2D eigenvalue weighted by atomic mass is 10.2. The van der Waals surface area contributed by atoms with Crippen LogP contribution in [0.3, 0.4) is 0 Å². The topological polar surface area (TPSA) is 82.8 Å². The van der Waals surface area contributed by atoms with E-state index in [1.165, 1.54) is 4.68 Å². The molecule has 0 aliphatic rings. The molecule has 0 amide bonds. The molecule has 0 bridgehead atoms. The number of hydrogen-bond acceptors (Lipinski definition) is 6. The predicted molar refractivity (Wildman–Crippen MR) is 132 cm³/mol. The van der Waals surface area contributed by atoms with Crippen molar-refractivity contribution in [1.82, 2.24) is 9.66 Å². The van der Waals surface area contributed by atoms with Gasteiger partial charge in [0.15, 0.2) is 6.10 Å². The quantitative estimate of drug-likeness (QED) is 0.289. The number of carbonyl (C=O) groups is 1. The van der Waals surface area contributed by atoms with Gasteiger partial charge >= 0.3 is 5.97 Å². The van der Waals surface area contributed by atoms with Gasteiger partial charge < -0.3 is 9.47 Å². The number of aromatic nitrogens is 2. The van der Waals surface area contributed by atoms with Gasteiger partial charge in [-0.15, -0.1) is 0 Å². The normalized spacial score (nSPS) is 12.5. The summed E-state index contributed by atoms with van der Waals surface area (Å²) in [5.41, 5.74) is 1.14. The molecule has 0 unspecified atom stereocenters. The summed E-state index contributed by atoms with van der Waals surface area (Å²) in [6.07, 6.45) is 0.850. The second kappa shape index (κ2) is 10.4. The highest BCUT2D eigenvalue weighted by Crippen LogP contribution is 2.27. The number of rotatable bonds is 7. The van der Waals surface area contributed by atoms with Crippen LogP contribution >= 0.6 is 31.9 Å². The van der Waals surface area contributed by atoms with E-state index in [2.05, 4.69) is 41.9 Å². The maximum atomic E-state index is 13.1. The number of esters is 1. The molecule has 0 aliphatic heterocycles. The largest absolute Gasteiger partial charge is 0.478 e. The van der Waals surface area contributed by atoms with Crippen LogP contribution in [0.1, 0.15) is 45.0 Å². The number of carbonyl (C=O) groups excluding carboxylic acids is 1. The zero-order valence-corrected chi connectivity index (χ0v) is 21.3. The van der Waals surface area contributed by atoms with Gasteiger partial charge in [0.25, 0.3) is 5.56 Å². The third kappa shape index (κ3) is 5.45. The van der Waals surface area contributed by atoms with E-state index in [0.717, 1.165) is 10.0 Å². The zero-order chi connectivity index (χ0) is 23.4. The van der Waals surface area contributed by atoms with Gasteiger partial charge in [0, 0.05) is 10.4 Å². The van der Waals surface area contributed by atoms with Crippen LogP contribution in [-0.4, -0.2) is 34.6 Å². The number of hydrogen-bond donors (Lipinski definition) is 0. The molecule has 0 N–H and O–H groups in total. The van der Waals surface area contributed by atoms with Crippen LogP contribution in [0, 0.1) is 0 Å². The Labute approximate surface area is 202 Å². The molecule has 0 saturated carbocycles. The minimum absolute atomic E-state index is 0.000210. The van der Waals surface area contributed by atoms with E-state index in [4.69, 9.17) is 9.47 Å². The van der Waals surface area contributed by atoms with Crippen LogP contribution in [0.5, 0.6) is 5.75 Å². The molecule has 0 fully saturated rings. The Balaban J connectivity index is 1.93. The molecule has 1 atom stereocenters. The first-order valence-electron chi connectivity index (χ1n) is 10.1. The van der Waals surface area contributed by atoms with Crippen molar-refractivity contribution in [2.45, 2.75) is 39.7 Å². The second-order valence-electron chi connectivity index (χ2n) is 7.35. The molecule has 3 aromatic rings. The van der Waals surface area contributed by atoms with E-state index in [0.29, 0.717) is 33.6 Å². The summed E-state index contributed by atoms with van der Waals surface area (Å²) in [6, 6.07) is 10.7. The maximum absolute atomic E-state index is 13.1. The van der Waals surface area contributed by atoms with E-state index in [-0.39, 0.29) is 11.5 Å². The molecule has 3 rings (SSSR count). The Bertz CT molecular complexity index is 1240. The Morgan fingerprint density at radius 1 is 1.19 bits per heavy atom. The minimum atomic E-state index is -0.735. The van der Waals surface area contributed by atoms with Crippen LogP contribution in [-0.2, 0) is 9.53 Å². The zero-order valence-electron chi connectivity index (χ0n) is 18.1. The number of ether oxygens (including phenoxy) is 2. The number of halogens is 2. The Morgan fingerprint density at radius 2 is 1.94 bits per heavy atom. The van der Waals surface area contributed by atoms with E-state index in [1.54, 1.807) is 44.3 Å². The molecule has 0 aliphatic carbocycles. The van der Waals surface area contributed by atoms with Gasteiger partial charge in [-0.3, -0.25) is 4.79 Å². The van der Waals surface area contributed by atoms with E-state index >= 15 is 0 Å². The first-order valence-corrected chi connectivity index (χ1v) is 11.7. The Kier molecular flexibility index (Phi) is 7.84. The van der Waals surface area contributed by atoms with Crippen LogP contribution in [0.15, 0.2) is 55.2 Å². The monoisotopic (exact) mass is 563 g/mol. The summed E-state index contributed by atoms with van der Waals surface area (Å²) in [7, 11) is 0. The Hall–Kier alpha value is -2.52. The van der Waals surface area contributed by atoms with Crippen molar-refractivity contribution in [3.05, 3.63) is 67.1 Å². The van der Waals surface area contributed by atoms with Crippen molar-refractivity contribution < 1.29 is 14.3 Å². The highest BCUT2D eigenvalue weighted by Gasteiger charge is 2.17. The van der Waals surface area contributed by atoms with Crippen molar-refractivity contribution in [2.75, 3.05) is 6.61 Å². The van der Waals surface area contributed by atoms with Gasteiger partial charge in [0.1, 0.15) is 11.6 Å². The molecule has 0 radical (unpaired) electrons. The van der Waals surface area contributed by atoms with Crippen molar-refractivity contribution >= 4 is 54.9 Å². The lowest BCUT2D eigenvalue weighted by Crippen LogP contribution is -2.26. The molecule has 9 heteroatoms. The van der Waals surface area contributed by atoms with E-state index in [1.807, 2.05) is 26.0 Å². The lowest BCUT2D eigenvalue weighted by Gasteiger charge is -2.15. The van der Waals surface area contributed by atoms with Crippen molar-refractivity contribution in [3.63, 3.8) is 0 Å². The molecular formula is C23H23Br2N3O4. The first kappa shape index (κ1) is 24.1. The molecule has 0 spiro atoms. The third-order valence-electron chi connectivity index (χ3n) is 4.55. The molecule has 1 aromatic heterocycles. The predicted octanol–water partition coefficient (Wildman–Crippen LogP) is 5.26. The van der Waals surface area contributed by atoms with Crippen LogP contribution in [0.2, 0.25) is 0 Å². The molecule has 32 heavy (non-hydrogen) atoms. The average molecular weight is 565 g/mol. The van der Waals surface area contributed by atoms with Gasteiger partial charge in [-0.2, -0.15) is 9.78 Å². The number of nitrogens with zero attached hydrogens (tertiary/aromatic N) is 3. The van der Waals surface area contributed by atoms with Gasteiger partial charge in [0.2, 0.25) is 0 Å². The van der Waals surface area contributed by atoms with Crippen LogP contribution < -0.4 is 10.3 Å². The maximum Gasteiger partial charge on any atom is 0.347 e. The summed E-state index contributed by atoms with van der Waals surface area (Å²) in [4.78, 5) is 29.5. The molecule has 7 nitrogen and oxygen atoms in total. The van der Waals surface area contributed by atoms with Gasteiger partial charge in [0.05, 0.1) is 28.2 Å². The standard InChI is InChI=1S/C23H23Br2N3O4/c1-5-31-23(30)14(4)32-20-9-6-15(10-18(20)25)12-26-28-21(13(2)3)27-19-8-7-16(24)11-17(19)22(28)29/h6-14H,5H2,1-4H3/t14-/m0/s1. The highest BCUT2D eigenvalue weighted by atomic mass is 79.9. The van der Waals surface area contributed by atoms with Crippen LogP contribution in [0.4, 0.5) is 0 Å². The fraction of sp³-hybridized carbons (Fsp3) is 0.304. The fourth-order valence-electron chi connectivity index (χ4n) is 2.97. The SMILES string of the molecule is CCOC(=O)[C@H](C)Oc1ccc(C=Nn2c(C(C)C)nc3ccc(Br)cc3c2=O)cc1Br. The smallest absolute Gasteiger partial charge is 0.347 e. The average Bonchev–Trinajstić information content (AvgIpc) is 2.75. The third-order valence-corrected chi connectivity index (χ3v) is 5.66. The summed E-state index contributed by atoms with van der Waals surface area (Å²) in [5.74, 6) is 0.643. The second-order valence-corrected chi connectivity index (χ2v) is 9.12.